The first-order valence-corrected chi connectivity index (χ1v) is 8.51. The van der Waals surface area contributed by atoms with E-state index < -0.39 is 24.4 Å². The average Bonchev–Trinajstić information content (AvgIpc) is 3.05. The number of carbonyl (C=O) groups is 4. The van der Waals surface area contributed by atoms with Crippen LogP contribution < -0.4 is 20.3 Å². The SMILES string of the molecule is CNC(=O)CNC(=O)COC(=O)[C@H]1CC(=O)N(c2cc(Cl)ccc2OC)C1. The van der Waals surface area contributed by atoms with Gasteiger partial charge in [-0.1, -0.05) is 11.6 Å². The van der Waals surface area contributed by atoms with Crippen LogP contribution in [0.2, 0.25) is 5.02 Å². The number of esters is 1. The summed E-state index contributed by atoms with van der Waals surface area (Å²) in [5, 5.41) is 5.08. The Morgan fingerprint density at radius 1 is 1.30 bits per heavy atom. The van der Waals surface area contributed by atoms with Crippen LogP contribution in [0.3, 0.4) is 0 Å². The molecule has 9 nitrogen and oxygen atoms in total. The summed E-state index contributed by atoms with van der Waals surface area (Å²) in [5.41, 5.74) is 0.466. The van der Waals surface area contributed by atoms with Crippen LogP contribution in [-0.2, 0) is 23.9 Å². The van der Waals surface area contributed by atoms with Gasteiger partial charge in [-0.2, -0.15) is 0 Å². The molecule has 0 aromatic heterocycles. The number of methoxy groups -OCH3 is 1. The van der Waals surface area contributed by atoms with Crippen molar-refractivity contribution in [1.29, 1.82) is 0 Å². The van der Waals surface area contributed by atoms with Gasteiger partial charge in [0.15, 0.2) is 6.61 Å². The van der Waals surface area contributed by atoms with Crippen LogP contribution in [0.25, 0.3) is 0 Å². The van der Waals surface area contributed by atoms with Gasteiger partial charge in [-0.3, -0.25) is 19.2 Å². The van der Waals surface area contributed by atoms with Crippen molar-refractivity contribution in [2.75, 3.05) is 38.8 Å². The van der Waals surface area contributed by atoms with Gasteiger partial charge in [0.1, 0.15) is 5.75 Å². The highest BCUT2D eigenvalue weighted by molar-refractivity contribution is 6.31. The van der Waals surface area contributed by atoms with Crippen molar-refractivity contribution < 1.29 is 28.7 Å². The third-order valence-corrected chi connectivity index (χ3v) is 4.20. The molecular weight excluding hydrogens is 378 g/mol. The lowest BCUT2D eigenvalue weighted by Crippen LogP contribution is -2.37. The molecule has 146 valence electrons. The topological polar surface area (TPSA) is 114 Å². The van der Waals surface area contributed by atoms with Gasteiger partial charge >= 0.3 is 5.97 Å². The van der Waals surface area contributed by atoms with Gasteiger partial charge in [0, 0.05) is 25.0 Å². The summed E-state index contributed by atoms with van der Waals surface area (Å²) < 4.78 is 10.2. The van der Waals surface area contributed by atoms with E-state index in [9.17, 15) is 19.2 Å². The van der Waals surface area contributed by atoms with E-state index in [1.165, 1.54) is 19.1 Å². The van der Waals surface area contributed by atoms with E-state index in [0.717, 1.165) is 0 Å². The molecule has 0 radical (unpaired) electrons. The summed E-state index contributed by atoms with van der Waals surface area (Å²) in [5.74, 6) is -2.18. The van der Waals surface area contributed by atoms with E-state index in [1.807, 2.05) is 0 Å². The molecule has 27 heavy (non-hydrogen) atoms. The van der Waals surface area contributed by atoms with E-state index in [0.29, 0.717) is 16.5 Å². The number of amides is 3. The number of ether oxygens (including phenoxy) is 2. The summed E-state index contributed by atoms with van der Waals surface area (Å²) in [6.45, 7) is -0.646. The maximum Gasteiger partial charge on any atom is 0.311 e. The van der Waals surface area contributed by atoms with Gasteiger partial charge in [-0.25, -0.2) is 0 Å². The van der Waals surface area contributed by atoms with E-state index in [1.54, 1.807) is 18.2 Å². The predicted octanol–water partition coefficient (Wildman–Crippen LogP) is 0.107. The highest BCUT2D eigenvalue weighted by Crippen LogP contribution is 2.35. The third-order valence-electron chi connectivity index (χ3n) is 3.96. The Balaban J connectivity index is 1.93. The summed E-state index contributed by atoms with van der Waals surface area (Å²) in [4.78, 5) is 48.5. The standard InChI is InChI=1S/C17H20ClN3O6/c1-19-14(22)7-20-15(23)9-27-17(25)10-5-16(24)21(8-10)12-6-11(18)3-4-13(12)26-2/h3-4,6,10H,5,7-9H2,1-2H3,(H,19,22)(H,20,23)/t10-/m0/s1. The van der Waals surface area contributed by atoms with E-state index >= 15 is 0 Å². The minimum absolute atomic E-state index is 0.0473. The quantitative estimate of drug-likeness (QED) is 0.631. The molecule has 10 heteroatoms. The van der Waals surface area contributed by atoms with Crippen molar-refractivity contribution in [3.8, 4) is 5.75 Å². The Kier molecular flexibility index (Phi) is 7.00. The van der Waals surface area contributed by atoms with E-state index in [-0.39, 0.29) is 31.3 Å². The van der Waals surface area contributed by atoms with Crippen molar-refractivity contribution >= 4 is 41.0 Å². The van der Waals surface area contributed by atoms with Gasteiger partial charge < -0.3 is 25.0 Å². The number of likely N-dealkylation sites (N-methyl/N-ethyl adjacent to an activating group) is 1. The molecule has 1 aromatic rings. The van der Waals surface area contributed by atoms with Crippen LogP contribution >= 0.6 is 11.6 Å². The fourth-order valence-corrected chi connectivity index (χ4v) is 2.71. The maximum absolute atomic E-state index is 12.3. The average molecular weight is 398 g/mol. The zero-order chi connectivity index (χ0) is 20.0. The highest BCUT2D eigenvalue weighted by atomic mass is 35.5. The second-order valence-corrected chi connectivity index (χ2v) is 6.22. The number of benzene rings is 1. The number of anilines is 1. The van der Waals surface area contributed by atoms with Gasteiger partial charge in [-0.05, 0) is 18.2 Å². The monoisotopic (exact) mass is 397 g/mol. The first kappa shape index (κ1) is 20.5. The Morgan fingerprint density at radius 3 is 2.70 bits per heavy atom. The lowest BCUT2D eigenvalue weighted by Gasteiger charge is -2.19. The number of nitrogens with zero attached hydrogens (tertiary/aromatic N) is 1. The number of hydrogen-bond donors (Lipinski definition) is 2. The molecule has 2 N–H and O–H groups in total. The second kappa shape index (κ2) is 9.22. The van der Waals surface area contributed by atoms with Crippen LogP contribution in [0.1, 0.15) is 6.42 Å². The maximum atomic E-state index is 12.3. The van der Waals surface area contributed by atoms with Crippen LogP contribution in [0, 0.1) is 5.92 Å². The summed E-state index contributed by atoms with van der Waals surface area (Å²) in [7, 11) is 2.91. The number of rotatable bonds is 7. The molecule has 2 rings (SSSR count). The molecule has 1 aliphatic rings. The number of halogens is 1. The molecule has 1 saturated heterocycles. The van der Waals surface area contributed by atoms with E-state index in [2.05, 4.69) is 10.6 Å². The fraction of sp³-hybridized carbons (Fsp3) is 0.412. The summed E-state index contributed by atoms with van der Waals surface area (Å²) in [6.07, 6.45) is -0.0473. The molecule has 1 aliphatic heterocycles. The number of hydrogen-bond acceptors (Lipinski definition) is 6. The largest absolute Gasteiger partial charge is 0.495 e. The molecule has 1 aromatic carbocycles. The second-order valence-electron chi connectivity index (χ2n) is 5.78. The normalized spacial score (nSPS) is 16.0. The molecule has 1 atom stereocenters. The van der Waals surface area contributed by atoms with Gasteiger partial charge in [0.25, 0.3) is 5.91 Å². The summed E-state index contributed by atoms with van der Waals surface area (Å²) >= 11 is 5.99. The zero-order valence-corrected chi connectivity index (χ0v) is 15.7. The summed E-state index contributed by atoms with van der Waals surface area (Å²) in [6, 6.07) is 4.85. The van der Waals surface area contributed by atoms with Crippen molar-refractivity contribution in [3.05, 3.63) is 23.2 Å². The van der Waals surface area contributed by atoms with Crippen LogP contribution in [0.4, 0.5) is 5.69 Å². The van der Waals surface area contributed by atoms with Gasteiger partial charge in [-0.15, -0.1) is 0 Å². The molecule has 0 unspecified atom stereocenters. The first-order valence-electron chi connectivity index (χ1n) is 8.13. The lowest BCUT2D eigenvalue weighted by molar-refractivity contribution is -0.152. The molecule has 0 saturated carbocycles. The van der Waals surface area contributed by atoms with Crippen molar-refractivity contribution in [2.45, 2.75) is 6.42 Å². The molecule has 1 fully saturated rings. The van der Waals surface area contributed by atoms with Crippen LogP contribution in [-0.4, -0.2) is 57.5 Å². The zero-order valence-electron chi connectivity index (χ0n) is 14.9. The van der Waals surface area contributed by atoms with Crippen LogP contribution in [0.5, 0.6) is 5.75 Å². The van der Waals surface area contributed by atoms with Gasteiger partial charge in [0.2, 0.25) is 11.8 Å². The lowest BCUT2D eigenvalue weighted by atomic mass is 10.1. The Bertz CT molecular complexity index is 754. The number of nitrogens with one attached hydrogen (secondary N) is 2. The molecule has 0 aliphatic carbocycles. The Labute approximate surface area is 160 Å². The molecular formula is C17H20ClN3O6. The third kappa shape index (κ3) is 5.33. The number of carbonyl (C=O) groups excluding carboxylic acids is 4. The Hall–Kier alpha value is -2.81. The molecule has 1 heterocycles. The molecule has 3 amide bonds. The molecule has 0 spiro atoms. The van der Waals surface area contributed by atoms with Gasteiger partial charge in [0.05, 0.1) is 25.3 Å². The first-order chi connectivity index (χ1) is 12.8. The van der Waals surface area contributed by atoms with E-state index in [4.69, 9.17) is 21.1 Å². The minimum Gasteiger partial charge on any atom is -0.495 e. The predicted molar refractivity (Wildman–Crippen MR) is 96.5 cm³/mol. The highest BCUT2D eigenvalue weighted by Gasteiger charge is 2.37. The van der Waals surface area contributed by atoms with Crippen molar-refractivity contribution in [2.24, 2.45) is 5.92 Å². The van der Waals surface area contributed by atoms with Crippen LogP contribution in [0.15, 0.2) is 18.2 Å². The van der Waals surface area contributed by atoms with Crippen molar-refractivity contribution in [1.82, 2.24) is 10.6 Å². The smallest absolute Gasteiger partial charge is 0.311 e. The van der Waals surface area contributed by atoms with Crippen molar-refractivity contribution in [3.63, 3.8) is 0 Å². The minimum atomic E-state index is -0.715. The molecule has 0 bridgehead atoms. The fourth-order valence-electron chi connectivity index (χ4n) is 2.55. The Morgan fingerprint density at radius 2 is 2.04 bits per heavy atom.